The summed E-state index contributed by atoms with van der Waals surface area (Å²) in [5.74, 6) is 0.789. The SMILES string of the molecule is S=C(N/N=C\c1cccc(OCc2cccc3ccccc23)c1)Nc1ccccc1. The Hall–Kier alpha value is -3.70. The molecule has 0 saturated heterocycles. The van der Waals surface area contributed by atoms with E-state index in [2.05, 4.69) is 46.2 Å². The molecule has 2 N–H and O–H groups in total. The number of ether oxygens (including phenoxy) is 1. The molecule has 30 heavy (non-hydrogen) atoms. The number of nitrogens with zero attached hydrogens (tertiary/aromatic N) is 1. The van der Waals surface area contributed by atoms with Crippen LogP contribution in [0.3, 0.4) is 0 Å². The number of benzene rings is 4. The molecule has 0 aliphatic rings. The molecule has 0 aliphatic heterocycles. The van der Waals surface area contributed by atoms with Crippen LogP contribution in [-0.2, 0) is 6.61 Å². The van der Waals surface area contributed by atoms with Crippen LogP contribution in [0, 0.1) is 0 Å². The third-order valence-corrected chi connectivity index (χ3v) is 4.74. The van der Waals surface area contributed by atoms with Gasteiger partial charge in [-0.1, -0.05) is 72.8 Å². The zero-order chi connectivity index (χ0) is 20.6. The highest BCUT2D eigenvalue weighted by Crippen LogP contribution is 2.21. The molecule has 0 aliphatic carbocycles. The van der Waals surface area contributed by atoms with Gasteiger partial charge < -0.3 is 10.1 Å². The Balaban J connectivity index is 1.35. The lowest BCUT2D eigenvalue weighted by atomic mass is 10.1. The molecule has 5 heteroatoms. The molecule has 0 saturated carbocycles. The maximum atomic E-state index is 6.03. The monoisotopic (exact) mass is 411 g/mol. The van der Waals surface area contributed by atoms with Crippen molar-refractivity contribution in [2.45, 2.75) is 6.61 Å². The lowest BCUT2D eigenvalue weighted by Gasteiger charge is -2.10. The highest BCUT2D eigenvalue weighted by molar-refractivity contribution is 7.80. The fourth-order valence-electron chi connectivity index (χ4n) is 3.11. The fraction of sp³-hybridized carbons (Fsp3) is 0.0400. The Labute approximate surface area is 181 Å². The maximum Gasteiger partial charge on any atom is 0.191 e. The number of fused-ring (bicyclic) bond motifs is 1. The van der Waals surface area contributed by atoms with Crippen LogP contribution < -0.4 is 15.5 Å². The summed E-state index contributed by atoms with van der Waals surface area (Å²) in [6.07, 6.45) is 1.71. The molecule has 0 unspecified atom stereocenters. The number of para-hydroxylation sites is 1. The van der Waals surface area contributed by atoms with Gasteiger partial charge in [0.1, 0.15) is 12.4 Å². The van der Waals surface area contributed by atoms with Crippen LogP contribution in [0.1, 0.15) is 11.1 Å². The molecule has 0 atom stereocenters. The molecule has 0 fully saturated rings. The zero-order valence-corrected chi connectivity index (χ0v) is 17.1. The number of rotatable bonds is 6. The summed E-state index contributed by atoms with van der Waals surface area (Å²) >= 11 is 5.25. The van der Waals surface area contributed by atoms with E-state index in [9.17, 15) is 0 Å². The van der Waals surface area contributed by atoms with Gasteiger partial charge in [-0.2, -0.15) is 5.10 Å². The van der Waals surface area contributed by atoms with Crippen LogP contribution >= 0.6 is 12.2 Å². The second kappa shape index (κ2) is 9.67. The molecule has 0 heterocycles. The van der Waals surface area contributed by atoms with Crippen molar-refractivity contribution in [2.75, 3.05) is 5.32 Å². The lowest BCUT2D eigenvalue weighted by molar-refractivity contribution is 0.307. The molecule has 0 aromatic heterocycles. The van der Waals surface area contributed by atoms with Crippen molar-refractivity contribution in [2.24, 2.45) is 5.10 Å². The van der Waals surface area contributed by atoms with Gasteiger partial charge in [-0.25, -0.2) is 0 Å². The highest BCUT2D eigenvalue weighted by Gasteiger charge is 2.02. The van der Waals surface area contributed by atoms with Gasteiger partial charge in [0.2, 0.25) is 0 Å². The van der Waals surface area contributed by atoms with Crippen molar-refractivity contribution in [1.29, 1.82) is 0 Å². The minimum Gasteiger partial charge on any atom is -0.489 e. The number of hydrazone groups is 1. The molecule has 4 aromatic carbocycles. The maximum absolute atomic E-state index is 6.03. The topological polar surface area (TPSA) is 45.7 Å². The van der Waals surface area contributed by atoms with Gasteiger partial charge >= 0.3 is 0 Å². The predicted octanol–water partition coefficient (Wildman–Crippen LogP) is 5.74. The molecule has 0 spiro atoms. The van der Waals surface area contributed by atoms with E-state index in [0.717, 1.165) is 22.6 Å². The summed E-state index contributed by atoms with van der Waals surface area (Å²) in [5, 5.41) is 10.1. The van der Waals surface area contributed by atoms with E-state index in [1.165, 1.54) is 10.8 Å². The number of hydrogen-bond donors (Lipinski definition) is 2. The first kappa shape index (κ1) is 19.6. The Morgan fingerprint density at radius 3 is 2.53 bits per heavy atom. The third-order valence-electron chi connectivity index (χ3n) is 4.54. The van der Waals surface area contributed by atoms with E-state index in [0.29, 0.717) is 11.7 Å². The molecule has 4 aromatic rings. The van der Waals surface area contributed by atoms with Gasteiger partial charge in [-0.15, -0.1) is 0 Å². The van der Waals surface area contributed by atoms with E-state index >= 15 is 0 Å². The van der Waals surface area contributed by atoms with Gasteiger partial charge in [-0.05, 0) is 58.4 Å². The molecule has 0 bridgehead atoms. The number of anilines is 1. The van der Waals surface area contributed by atoms with E-state index in [-0.39, 0.29) is 0 Å². The third kappa shape index (κ3) is 5.21. The Morgan fingerprint density at radius 2 is 1.63 bits per heavy atom. The standard InChI is InChI=1S/C25H21N3OS/c30-25(27-22-12-2-1-3-13-22)28-26-17-19-8-6-14-23(16-19)29-18-21-11-7-10-20-9-4-5-15-24(20)21/h1-17H,18H2,(H2,27,28,30)/b26-17-. The van der Waals surface area contributed by atoms with Crippen LogP contribution in [0.25, 0.3) is 10.8 Å². The summed E-state index contributed by atoms with van der Waals surface area (Å²) in [4.78, 5) is 0. The Morgan fingerprint density at radius 1 is 0.867 bits per heavy atom. The van der Waals surface area contributed by atoms with E-state index in [4.69, 9.17) is 17.0 Å². The summed E-state index contributed by atoms with van der Waals surface area (Å²) in [6, 6.07) is 32.1. The zero-order valence-electron chi connectivity index (χ0n) is 16.3. The molecule has 4 nitrogen and oxygen atoms in total. The van der Waals surface area contributed by atoms with Gasteiger partial charge in [0, 0.05) is 5.69 Å². The second-order valence-corrected chi connectivity index (χ2v) is 7.10. The molecule has 4 rings (SSSR count). The van der Waals surface area contributed by atoms with Crippen LogP contribution in [0.4, 0.5) is 5.69 Å². The molecular weight excluding hydrogens is 390 g/mol. The van der Waals surface area contributed by atoms with E-state index in [1.807, 2.05) is 66.7 Å². The molecular formula is C25H21N3OS. The summed E-state index contributed by atoms with van der Waals surface area (Å²) in [5.41, 5.74) is 5.81. The highest BCUT2D eigenvalue weighted by atomic mass is 32.1. The van der Waals surface area contributed by atoms with Crippen molar-refractivity contribution in [3.63, 3.8) is 0 Å². The smallest absolute Gasteiger partial charge is 0.191 e. The average molecular weight is 412 g/mol. The second-order valence-electron chi connectivity index (χ2n) is 6.69. The van der Waals surface area contributed by atoms with Crippen molar-refractivity contribution < 1.29 is 4.74 Å². The molecule has 148 valence electrons. The van der Waals surface area contributed by atoms with Crippen molar-refractivity contribution in [3.8, 4) is 5.75 Å². The van der Waals surface area contributed by atoms with Crippen molar-refractivity contribution in [3.05, 3.63) is 108 Å². The number of nitrogens with one attached hydrogen (secondary N) is 2. The summed E-state index contributed by atoms with van der Waals surface area (Å²) in [6.45, 7) is 0.505. The van der Waals surface area contributed by atoms with Crippen LogP contribution in [0.15, 0.2) is 102 Å². The molecule has 0 radical (unpaired) electrons. The Kier molecular flexibility index (Phi) is 6.32. The normalized spacial score (nSPS) is 10.8. The van der Waals surface area contributed by atoms with Crippen LogP contribution in [0.2, 0.25) is 0 Å². The van der Waals surface area contributed by atoms with Crippen LogP contribution in [0.5, 0.6) is 5.75 Å². The van der Waals surface area contributed by atoms with Gasteiger partial charge in [0.15, 0.2) is 5.11 Å². The van der Waals surface area contributed by atoms with Gasteiger partial charge in [0.05, 0.1) is 6.21 Å². The van der Waals surface area contributed by atoms with Crippen molar-refractivity contribution in [1.82, 2.24) is 5.43 Å². The fourth-order valence-corrected chi connectivity index (χ4v) is 3.28. The Bertz CT molecular complexity index is 1170. The number of hydrogen-bond acceptors (Lipinski definition) is 3. The van der Waals surface area contributed by atoms with Gasteiger partial charge in [-0.3, -0.25) is 5.43 Å². The molecule has 0 amide bonds. The minimum absolute atomic E-state index is 0.431. The summed E-state index contributed by atoms with van der Waals surface area (Å²) < 4.78 is 6.03. The minimum atomic E-state index is 0.431. The predicted molar refractivity (Wildman–Crippen MR) is 128 cm³/mol. The first-order chi connectivity index (χ1) is 14.8. The van der Waals surface area contributed by atoms with E-state index < -0.39 is 0 Å². The lowest BCUT2D eigenvalue weighted by Crippen LogP contribution is -2.23. The van der Waals surface area contributed by atoms with Crippen molar-refractivity contribution >= 4 is 40.0 Å². The number of thiocarbonyl (C=S) groups is 1. The first-order valence-electron chi connectivity index (χ1n) is 9.62. The van der Waals surface area contributed by atoms with E-state index in [1.54, 1.807) is 6.21 Å². The largest absolute Gasteiger partial charge is 0.489 e. The average Bonchev–Trinajstić information content (AvgIpc) is 2.78. The van der Waals surface area contributed by atoms with Crippen LogP contribution in [-0.4, -0.2) is 11.3 Å². The first-order valence-corrected chi connectivity index (χ1v) is 10.0. The summed E-state index contributed by atoms with van der Waals surface area (Å²) in [7, 11) is 0. The van der Waals surface area contributed by atoms with Gasteiger partial charge in [0.25, 0.3) is 0 Å². The quantitative estimate of drug-likeness (QED) is 0.241.